The fourth-order valence-corrected chi connectivity index (χ4v) is 6.01. The Labute approximate surface area is 163 Å². The zero-order chi connectivity index (χ0) is 20.0. The summed E-state index contributed by atoms with van der Waals surface area (Å²) in [5.41, 5.74) is 0.442. The predicted octanol–water partition coefficient (Wildman–Crippen LogP) is 4.01. The second-order valence-electron chi connectivity index (χ2n) is 8.73. The lowest BCUT2D eigenvalue weighted by Gasteiger charge is -2.50. The van der Waals surface area contributed by atoms with Gasteiger partial charge in [0, 0.05) is 10.8 Å². The molecular formula is C19H33NO4SSi. The lowest BCUT2D eigenvalue weighted by molar-refractivity contribution is -0.163. The van der Waals surface area contributed by atoms with Gasteiger partial charge in [0.05, 0.1) is 24.7 Å². The summed E-state index contributed by atoms with van der Waals surface area (Å²) < 4.78 is 11.7. The number of esters is 1. The molecule has 2 aliphatic heterocycles. The van der Waals surface area contributed by atoms with Crippen molar-refractivity contribution in [3.63, 3.8) is 0 Å². The van der Waals surface area contributed by atoms with Crippen LogP contribution in [0.25, 0.3) is 0 Å². The molecule has 2 rings (SSSR count). The summed E-state index contributed by atoms with van der Waals surface area (Å²) in [5, 5.41) is 0.0911. The Morgan fingerprint density at radius 3 is 2.38 bits per heavy atom. The quantitative estimate of drug-likeness (QED) is 0.384. The monoisotopic (exact) mass is 399 g/mol. The lowest BCUT2D eigenvalue weighted by atomic mass is 9.79. The highest BCUT2D eigenvalue weighted by Gasteiger charge is 2.61. The van der Waals surface area contributed by atoms with Gasteiger partial charge in [0.2, 0.25) is 5.91 Å². The van der Waals surface area contributed by atoms with E-state index in [1.54, 1.807) is 11.8 Å². The summed E-state index contributed by atoms with van der Waals surface area (Å²) in [4.78, 5) is 28.0. The number of rotatable bonds is 6. The first-order valence-corrected chi connectivity index (χ1v) is 13.5. The second kappa shape index (κ2) is 7.32. The van der Waals surface area contributed by atoms with E-state index in [0.717, 1.165) is 4.91 Å². The van der Waals surface area contributed by atoms with Gasteiger partial charge in [-0.2, -0.15) is 0 Å². The molecule has 148 valence electrons. The maximum Gasteiger partial charge on any atom is 0.355 e. The summed E-state index contributed by atoms with van der Waals surface area (Å²) >= 11 is 1.54. The first-order chi connectivity index (χ1) is 11.9. The smallest absolute Gasteiger partial charge is 0.355 e. The van der Waals surface area contributed by atoms with Crippen molar-refractivity contribution in [1.29, 1.82) is 0 Å². The fraction of sp³-hybridized carbons (Fsp3) is 0.789. The van der Waals surface area contributed by atoms with E-state index in [1.807, 2.05) is 13.2 Å². The molecule has 0 unspecified atom stereocenters. The number of fused-ring (bicyclic) bond motifs is 1. The molecule has 0 bridgehead atoms. The molecule has 1 amide bonds. The van der Waals surface area contributed by atoms with Crippen LogP contribution in [-0.4, -0.2) is 50.1 Å². The number of β-lactam (4-membered cyclic amide) rings is 1. The molecule has 2 heterocycles. The van der Waals surface area contributed by atoms with Crippen LogP contribution in [0.4, 0.5) is 0 Å². The van der Waals surface area contributed by atoms with Crippen molar-refractivity contribution in [1.82, 2.24) is 4.90 Å². The first-order valence-electron chi connectivity index (χ1n) is 9.35. The van der Waals surface area contributed by atoms with E-state index < -0.39 is 14.3 Å². The molecule has 0 radical (unpaired) electrons. The van der Waals surface area contributed by atoms with E-state index in [0.29, 0.717) is 12.3 Å². The molecule has 1 saturated heterocycles. The van der Waals surface area contributed by atoms with Crippen molar-refractivity contribution >= 4 is 32.0 Å². The standard InChI is InChI=1S/C19H33NO4SSi/c1-10-23-18(22)15-16(25-7)11(2)14-13(17(21)20(14)15)12(3)24-26(8,9)19(4,5)6/h11-14H,10H2,1-9H3/t11-,12-,13-,14-/m1/s1. The van der Waals surface area contributed by atoms with Crippen molar-refractivity contribution in [3.05, 3.63) is 10.6 Å². The van der Waals surface area contributed by atoms with E-state index >= 15 is 0 Å². The van der Waals surface area contributed by atoms with Crippen LogP contribution in [0.3, 0.4) is 0 Å². The highest BCUT2D eigenvalue weighted by Crippen LogP contribution is 2.51. The van der Waals surface area contributed by atoms with E-state index in [2.05, 4.69) is 40.8 Å². The number of ether oxygens (including phenoxy) is 1. The van der Waals surface area contributed by atoms with Gasteiger partial charge >= 0.3 is 5.97 Å². The van der Waals surface area contributed by atoms with Crippen molar-refractivity contribution in [3.8, 4) is 0 Å². The Balaban J connectivity index is 2.24. The molecule has 1 fully saturated rings. The largest absolute Gasteiger partial charge is 0.461 e. The number of amides is 1. The van der Waals surface area contributed by atoms with Crippen LogP contribution in [0.2, 0.25) is 18.1 Å². The Morgan fingerprint density at radius 1 is 1.35 bits per heavy atom. The van der Waals surface area contributed by atoms with Gasteiger partial charge in [-0.25, -0.2) is 4.79 Å². The minimum absolute atomic E-state index is 0.0101. The van der Waals surface area contributed by atoms with Crippen LogP contribution in [-0.2, 0) is 18.8 Å². The molecule has 26 heavy (non-hydrogen) atoms. The number of carbonyl (C=O) groups is 2. The molecule has 0 N–H and O–H groups in total. The summed E-state index contributed by atoms with van der Waals surface area (Å²) in [6, 6.07) is -0.0101. The number of thioether (sulfide) groups is 1. The molecule has 0 saturated carbocycles. The zero-order valence-electron chi connectivity index (χ0n) is 17.5. The molecule has 4 atom stereocenters. The molecule has 0 aromatic carbocycles. The van der Waals surface area contributed by atoms with E-state index in [4.69, 9.17) is 9.16 Å². The van der Waals surface area contributed by atoms with Crippen LogP contribution in [0.1, 0.15) is 41.5 Å². The van der Waals surface area contributed by atoms with Gasteiger partial charge in [0.25, 0.3) is 0 Å². The van der Waals surface area contributed by atoms with Crippen LogP contribution < -0.4 is 0 Å². The van der Waals surface area contributed by atoms with Crippen molar-refractivity contribution in [2.45, 2.75) is 71.8 Å². The Hall–Kier alpha value is -0.793. The van der Waals surface area contributed by atoms with Crippen LogP contribution in [0, 0.1) is 11.8 Å². The minimum atomic E-state index is -1.97. The van der Waals surface area contributed by atoms with Crippen LogP contribution in [0.15, 0.2) is 10.6 Å². The number of hydrogen-bond donors (Lipinski definition) is 0. The Morgan fingerprint density at radius 2 is 1.92 bits per heavy atom. The summed E-state index contributed by atoms with van der Waals surface area (Å²) in [7, 11) is -1.97. The minimum Gasteiger partial charge on any atom is -0.461 e. The lowest BCUT2D eigenvalue weighted by Crippen LogP contribution is -2.65. The third kappa shape index (κ3) is 3.38. The van der Waals surface area contributed by atoms with Gasteiger partial charge in [0.1, 0.15) is 5.70 Å². The van der Waals surface area contributed by atoms with Gasteiger partial charge in [-0.3, -0.25) is 4.79 Å². The maximum absolute atomic E-state index is 13.0. The Bertz CT molecular complexity index is 626. The predicted molar refractivity (Wildman–Crippen MR) is 108 cm³/mol. The van der Waals surface area contributed by atoms with Crippen LogP contribution >= 0.6 is 11.8 Å². The molecule has 0 aromatic rings. The average molecular weight is 400 g/mol. The normalized spacial score (nSPS) is 27.3. The fourth-order valence-electron chi connectivity index (χ4n) is 3.69. The second-order valence-corrected chi connectivity index (χ2v) is 14.3. The third-order valence-corrected chi connectivity index (χ3v) is 11.6. The van der Waals surface area contributed by atoms with E-state index in [-0.39, 0.29) is 34.9 Å². The summed E-state index contributed by atoms with van der Waals surface area (Å²) in [6.45, 7) is 17.2. The van der Waals surface area contributed by atoms with Crippen LogP contribution in [0.5, 0.6) is 0 Å². The average Bonchev–Trinajstić information content (AvgIpc) is 2.74. The number of hydrogen-bond acceptors (Lipinski definition) is 5. The molecule has 5 nitrogen and oxygen atoms in total. The number of nitrogens with zero attached hydrogens (tertiary/aromatic N) is 1. The van der Waals surface area contributed by atoms with Gasteiger partial charge < -0.3 is 14.1 Å². The van der Waals surface area contributed by atoms with Crippen molar-refractivity contribution in [2.75, 3.05) is 12.9 Å². The van der Waals surface area contributed by atoms with Crippen molar-refractivity contribution in [2.24, 2.45) is 11.8 Å². The highest BCUT2D eigenvalue weighted by atomic mass is 32.2. The number of carbonyl (C=O) groups excluding carboxylic acids is 2. The molecule has 0 aliphatic carbocycles. The molecule has 2 aliphatic rings. The molecular weight excluding hydrogens is 366 g/mol. The van der Waals surface area contributed by atoms with Crippen molar-refractivity contribution < 1.29 is 18.8 Å². The maximum atomic E-state index is 13.0. The van der Waals surface area contributed by atoms with E-state index in [9.17, 15) is 9.59 Å². The van der Waals surface area contributed by atoms with Gasteiger partial charge in [-0.05, 0) is 38.2 Å². The molecule has 7 heteroatoms. The Kier molecular flexibility index (Phi) is 6.05. The van der Waals surface area contributed by atoms with Gasteiger partial charge in [-0.15, -0.1) is 11.8 Å². The van der Waals surface area contributed by atoms with E-state index in [1.165, 1.54) is 11.8 Å². The third-order valence-electron chi connectivity index (χ3n) is 6.07. The molecule has 0 aromatic heterocycles. The topological polar surface area (TPSA) is 55.8 Å². The highest BCUT2D eigenvalue weighted by molar-refractivity contribution is 8.02. The first kappa shape index (κ1) is 21.5. The van der Waals surface area contributed by atoms with Gasteiger partial charge in [-0.1, -0.05) is 27.7 Å². The molecule has 0 spiro atoms. The summed E-state index contributed by atoms with van der Waals surface area (Å²) in [5.74, 6) is -0.484. The van der Waals surface area contributed by atoms with Gasteiger partial charge in [0.15, 0.2) is 8.32 Å². The summed E-state index contributed by atoms with van der Waals surface area (Å²) in [6.07, 6.45) is 1.79. The zero-order valence-corrected chi connectivity index (χ0v) is 19.3. The SMILES string of the molecule is CCOC(=O)C1=C(SC)[C@H](C)[C@@H]2[C@@H]([C@@H](C)O[Si](C)(C)C(C)(C)C)C(=O)N12.